The normalized spacial score (nSPS) is 10.4. The number of nitrogens with two attached hydrogens (primary N) is 1. The van der Waals surface area contributed by atoms with Crippen molar-refractivity contribution in [3.63, 3.8) is 0 Å². The molecule has 0 saturated heterocycles. The van der Waals surface area contributed by atoms with E-state index in [0.29, 0.717) is 23.6 Å². The molecule has 0 fully saturated rings. The number of nitrogen functional groups attached to an aromatic ring is 1. The van der Waals surface area contributed by atoms with E-state index in [1.165, 1.54) is 6.07 Å². The van der Waals surface area contributed by atoms with E-state index in [2.05, 4.69) is 4.98 Å². The molecule has 0 atom stereocenters. The molecule has 18 heavy (non-hydrogen) atoms. The molecular weight excluding hydrogens is 229 g/mol. The summed E-state index contributed by atoms with van der Waals surface area (Å²) < 4.78 is 13.6. The van der Waals surface area contributed by atoms with Crippen molar-refractivity contribution in [1.29, 1.82) is 0 Å². The molecule has 2 aromatic rings. The largest absolute Gasteiger partial charge is 0.396 e. The number of aryl methyl sites for hydroxylation is 1. The molecule has 2 N–H and O–H groups in total. The lowest BCUT2D eigenvalue weighted by Crippen LogP contribution is -2.20. The highest BCUT2D eigenvalue weighted by Gasteiger charge is 2.09. The minimum Gasteiger partial charge on any atom is -0.396 e. The first kappa shape index (κ1) is 12.4. The molecule has 0 aliphatic heterocycles. The van der Waals surface area contributed by atoms with Gasteiger partial charge in [-0.2, -0.15) is 0 Å². The van der Waals surface area contributed by atoms with Gasteiger partial charge >= 0.3 is 0 Å². The summed E-state index contributed by atoms with van der Waals surface area (Å²) in [6.45, 7) is 2.37. The Kier molecular flexibility index (Phi) is 3.46. The second-order valence-electron chi connectivity index (χ2n) is 4.37. The Balaban J connectivity index is 2.22. The highest BCUT2D eigenvalue weighted by Crippen LogP contribution is 2.21. The Bertz CT molecular complexity index is 554. The zero-order chi connectivity index (χ0) is 13.1. The molecule has 0 amide bonds. The Hall–Kier alpha value is -2.10. The number of aromatic nitrogens is 1. The van der Waals surface area contributed by atoms with Gasteiger partial charge in [-0.3, -0.25) is 0 Å². The van der Waals surface area contributed by atoms with E-state index in [-0.39, 0.29) is 5.82 Å². The first-order chi connectivity index (χ1) is 8.58. The zero-order valence-corrected chi connectivity index (χ0v) is 10.5. The van der Waals surface area contributed by atoms with Crippen LogP contribution >= 0.6 is 0 Å². The van der Waals surface area contributed by atoms with E-state index in [1.54, 1.807) is 18.3 Å². The third-order valence-corrected chi connectivity index (χ3v) is 2.76. The van der Waals surface area contributed by atoms with Crippen LogP contribution < -0.4 is 10.6 Å². The molecule has 0 saturated carbocycles. The summed E-state index contributed by atoms with van der Waals surface area (Å²) in [5, 5.41) is 0. The van der Waals surface area contributed by atoms with Crippen LogP contribution in [0, 0.1) is 12.7 Å². The maximum absolute atomic E-state index is 13.6. The SMILES string of the molecule is Cc1cnc(N(C)Cc2ccccc2F)c(N)c1. The molecule has 0 unspecified atom stereocenters. The summed E-state index contributed by atoms with van der Waals surface area (Å²) in [4.78, 5) is 6.12. The average Bonchev–Trinajstić information content (AvgIpc) is 2.32. The van der Waals surface area contributed by atoms with Crippen LogP contribution in [0.25, 0.3) is 0 Å². The number of rotatable bonds is 3. The van der Waals surface area contributed by atoms with Gasteiger partial charge in [0.2, 0.25) is 0 Å². The Labute approximate surface area is 106 Å². The van der Waals surface area contributed by atoms with Gasteiger partial charge in [0.25, 0.3) is 0 Å². The summed E-state index contributed by atoms with van der Waals surface area (Å²) in [5.74, 6) is 0.457. The lowest BCUT2D eigenvalue weighted by Gasteiger charge is -2.20. The number of halogens is 1. The zero-order valence-electron chi connectivity index (χ0n) is 10.5. The van der Waals surface area contributed by atoms with Crippen LogP contribution in [0.3, 0.4) is 0 Å². The van der Waals surface area contributed by atoms with Gasteiger partial charge in [0, 0.05) is 25.4 Å². The van der Waals surface area contributed by atoms with Crippen LogP contribution in [-0.4, -0.2) is 12.0 Å². The molecule has 0 radical (unpaired) electrons. The first-order valence-electron chi connectivity index (χ1n) is 5.74. The molecule has 0 spiro atoms. The first-order valence-corrected chi connectivity index (χ1v) is 5.74. The standard InChI is InChI=1S/C14H16FN3/c1-10-7-13(16)14(17-8-10)18(2)9-11-5-3-4-6-12(11)15/h3-8H,9,16H2,1-2H3. The molecule has 0 bridgehead atoms. The molecule has 0 aliphatic rings. The van der Waals surface area contributed by atoms with Gasteiger partial charge in [0.1, 0.15) is 5.82 Å². The van der Waals surface area contributed by atoms with Crippen LogP contribution in [0.1, 0.15) is 11.1 Å². The molecule has 4 heteroatoms. The number of benzene rings is 1. The maximum Gasteiger partial charge on any atom is 0.151 e. The van der Waals surface area contributed by atoms with Crippen LogP contribution in [0.4, 0.5) is 15.9 Å². The molecule has 2 rings (SSSR count). The molecule has 3 nitrogen and oxygen atoms in total. The van der Waals surface area contributed by atoms with E-state index in [1.807, 2.05) is 31.0 Å². The summed E-state index contributed by atoms with van der Waals surface area (Å²) in [7, 11) is 1.85. The number of nitrogens with zero attached hydrogens (tertiary/aromatic N) is 2. The predicted molar refractivity (Wildman–Crippen MR) is 71.9 cm³/mol. The van der Waals surface area contributed by atoms with Crippen LogP contribution in [0.5, 0.6) is 0 Å². The van der Waals surface area contributed by atoms with Gasteiger partial charge in [-0.25, -0.2) is 9.37 Å². The average molecular weight is 245 g/mol. The van der Waals surface area contributed by atoms with Gasteiger partial charge in [-0.1, -0.05) is 18.2 Å². The van der Waals surface area contributed by atoms with Crippen molar-refractivity contribution in [1.82, 2.24) is 4.98 Å². The molecule has 94 valence electrons. The van der Waals surface area contributed by atoms with E-state index in [4.69, 9.17) is 5.73 Å². The fourth-order valence-electron chi connectivity index (χ4n) is 1.86. The van der Waals surface area contributed by atoms with Crippen LogP contribution in [0.2, 0.25) is 0 Å². The highest BCUT2D eigenvalue weighted by atomic mass is 19.1. The molecule has 1 heterocycles. The van der Waals surface area contributed by atoms with Crippen LogP contribution in [-0.2, 0) is 6.54 Å². The van der Waals surface area contributed by atoms with Gasteiger partial charge in [-0.15, -0.1) is 0 Å². The van der Waals surface area contributed by atoms with Gasteiger partial charge in [-0.05, 0) is 24.6 Å². The summed E-state index contributed by atoms with van der Waals surface area (Å²) in [5.41, 5.74) is 8.16. The quantitative estimate of drug-likeness (QED) is 0.904. The van der Waals surface area contributed by atoms with E-state index < -0.39 is 0 Å². The molecule has 1 aromatic heterocycles. The monoisotopic (exact) mass is 245 g/mol. The minimum atomic E-state index is -0.213. The topological polar surface area (TPSA) is 42.2 Å². The fourth-order valence-corrected chi connectivity index (χ4v) is 1.86. The van der Waals surface area contributed by atoms with Gasteiger partial charge < -0.3 is 10.6 Å². The maximum atomic E-state index is 13.6. The van der Waals surface area contributed by atoms with Crippen molar-refractivity contribution in [2.24, 2.45) is 0 Å². The minimum absolute atomic E-state index is 0.213. The molecule has 1 aromatic carbocycles. The molecule has 0 aliphatic carbocycles. The van der Waals surface area contributed by atoms with Gasteiger partial charge in [0.05, 0.1) is 5.69 Å². The second kappa shape index (κ2) is 5.04. The second-order valence-corrected chi connectivity index (χ2v) is 4.37. The van der Waals surface area contributed by atoms with E-state index in [0.717, 1.165) is 5.56 Å². The van der Waals surface area contributed by atoms with Gasteiger partial charge in [0.15, 0.2) is 5.82 Å². The van der Waals surface area contributed by atoms with Crippen molar-refractivity contribution in [2.75, 3.05) is 17.7 Å². The van der Waals surface area contributed by atoms with Crippen molar-refractivity contribution in [2.45, 2.75) is 13.5 Å². The predicted octanol–water partition coefficient (Wildman–Crippen LogP) is 2.75. The summed E-state index contributed by atoms with van der Waals surface area (Å²) in [6.07, 6.45) is 1.75. The van der Waals surface area contributed by atoms with Crippen LogP contribution in [0.15, 0.2) is 36.5 Å². The Morgan fingerprint density at radius 2 is 2.06 bits per heavy atom. The Morgan fingerprint density at radius 1 is 1.33 bits per heavy atom. The van der Waals surface area contributed by atoms with E-state index in [9.17, 15) is 4.39 Å². The van der Waals surface area contributed by atoms with Crippen molar-refractivity contribution < 1.29 is 4.39 Å². The lowest BCUT2D eigenvalue weighted by atomic mass is 10.2. The summed E-state index contributed by atoms with van der Waals surface area (Å²) >= 11 is 0. The summed E-state index contributed by atoms with van der Waals surface area (Å²) in [6, 6.07) is 8.57. The third kappa shape index (κ3) is 2.59. The van der Waals surface area contributed by atoms with Crippen molar-refractivity contribution in [3.8, 4) is 0 Å². The number of anilines is 2. The number of pyridine rings is 1. The van der Waals surface area contributed by atoms with Crippen molar-refractivity contribution >= 4 is 11.5 Å². The number of hydrogen-bond donors (Lipinski definition) is 1. The smallest absolute Gasteiger partial charge is 0.151 e. The highest BCUT2D eigenvalue weighted by molar-refractivity contribution is 5.63. The Morgan fingerprint density at radius 3 is 2.72 bits per heavy atom. The van der Waals surface area contributed by atoms with Crippen molar-refractivity contribution in [3.05, 3.63) is 53.5 Å². The lowest BCUT2D eigenvalue weighted by molar-refractivity contribution is 0.607. The fraction of sp³-hybridized carbons (Fsp3) is 0.214. The number of hydrogen-bond acceptors (Lipinski definition) is 3. The molecular formula is C14H16FN3. The third-order valence-electron chi connectivity index (χ3n) is 2.76. The van der Waals surface area contributed by atoms with E-state index >= 15 is 0 Å².